The van der Waals surface area contributed by atoms with Crippen LogP contribution >= 0.6 is 11.3 Å². The van der Waals surface area contributed by atoms with Gasteiger partial charge in [-0.25, -0.2) is 9.97 Å². The van der Waals surface area contributed by atoms with E-state index in [-0.39, 0.29) is 12.0 Å². The molecule has 1 aliphatic heterocycles. The zero-order valence-corrected chi connectivity index (χ0v) is 23.8. The third kappa shape index (κ3) is 6.05. The summed E-state index contributed by atoms with van der Waals surface area (Å²) in [6.45, 7) is 8.44. The quantitative estimate of drug-likeness (QED) is 0.258. The minimum Gasteiger partial charge on any atom is -0.467 e. The number of ether oxygens (including phenoxy) is 2. The van der Waals surface area contributed by atoms with Crippen LogP contribution in [-0.2, 0) is 15.5 Å². The van der Waals surface area contributed by atoms with Crippen molar-refractivity contribution >= 4 is 38.5 Å². The van der Waals surface area contributed by atoms with E-state index < -0.39 is 10.8 Å². The first-order valence-corrected chi connectivity index (χ1v) is 15.1. The second-order valence-electron chi connectivity index (χ2n) is 9.80. The van der Waals surface area contributed by atoms with Gasteiger partial charge < -0.3 is 18.9 Å². The number of aromatic nitrogens is 4. The van der Waals surface area contributed by atoms with Gasteiger partial charge in [-0.3, -0.25) is 4.21 Å². The summed E-state index contributed by atoms with van der Waals surface area (Å²) < 4.78 is 29.1. The Labute approximate surface area is 229 Å². The summed E-state index contributed by atoms with van der Waals surface area (Å²) in [5.41, 5.74) is 2.64. The Kier molecular flexibility index (Phi) is 8.35. The van der Waals surface area contributed by atoms with Crippen LogP contribution in [0.15, 0.2) is 45.8 Å². The number of nitrogens with zero attached hydrogens (tertiary/aromatic N) is 5. The number of rotatable bonds is 10. The second kappa shape index (κ2) is 11.9. The average Bonchev–Trinajstić information content (AvgIpc) is 3.59. The first kappa shape index (κ1) is 26.7. The molecular weight excluding hydrogens is 522 g/mol. The van der Waals surface area contributed by atoms with Gasteiger partial charge in [-0.05, 0) is 49.9 Å². The van der Waals surface area contributed by atoms with Crippen LogP contribution in [0, 0.1) is 5.92 Å². The molecule has 0 radical (unpaired) electrons. The minimum absolute atomic E-state index is 0.0395. The van der Waals surface area contributed by atoms with Crippen molar-refractivity contribution in [2.24, 2.45) is 5.92 Å². The number of fused-ring (bicyclic) bond motifs is 1. The first-order valence-electron chi connectivity index (χ1n) is 12.9. The van der Waals surface area contributed by atoms with E-state index >= 15 is 0 Å². The Bertz CT molecular complexity index is 1380. The van der Waals surface area contributed by atoms with Crippen molar-refractivity contribution in [3.05, 3.63) is 42.2 Å². The standard InChI is InChI=1S/C27H33N5O4S2/c1-17(2)24-30-26(36-31-24)32-13-11-19(12-14-32)18(3)35-27-29-23-10-9-22(28-25(23)37-27)20-5-7-21(8-6-20)38(33)16-15-34-4/h5-10,17-19H,11-16H2,1-4H3. The highest BCUT2D eigenvalue weighted by Gasteiger charge is 2.28. The van der Waals surface area contributed by atoms with Crippen LogP contribution in [-0.4, -0.2) is 63.0 Å². The van der Waals surface area contributed by atoms with E-state index in [9.17, 15) is 4.21 Å². The van der Waals surface area contributed by atoms with Gasteiger partial charge in [-0.15, -0.1) is 0 Å². The number of hydrogen-bond donors (Lipinski definition) is 0. The number of methoxy groups -OCH3 is 1. The van der Waals surface area contributed by atoms with Crippen LogP contribution in [0.25, 0.3) is 21.6 Å². The Morgan fingerprint density at radius 2 is 1.84 bits per heavy atom. The lowest BCUT2D eigenvalue weighted by atomic mass is 9.92. The largest absolute Gasteiger partial charge is 0.467 e. The van der Waals surface area contributed by atoms with Crippen molar-refractivity contribution in [1.82, 2.24) is 20.1 Å². The molecule has 4 aromatic rings. The molecule has 1 saturated heterocycles. The van der Waals surface area contributed by atoms with Crippen LogP contribution in [0.1, 0.15) is 45.4 Å². The fourth-order valence-corrected chi connectivity index (χ4v) is 6.33. The van der Waals surface area contributed by atoms with Gasteiger partial charge in [-0.2, -0.15) is 4.98 Å². The van der Waals surface area contributed by atoms with Gasteiger partial charge in [0.25, 0.3) is 5.19 Å². The second-order valence-corrected chi connectivity index (χ2v) is 12.3. The molecule has 4 heterocycles. The summed E-state index contributed by atoms with van der Waals surface area (Å²) in [5, 5.41) is 4.73. The number of piperidine rings is 1. The highest BCUT2D eigenvalue weighted by Crippen LogP contribution is 2.32. The molecule has 38 heavy (non-hydrogen) atoms. The number of anilines is 1. The summed E-state index contributed by atoms with van der Waals surface area (Å²) in [6, 6.07) is 12.3. The molecule has 2 atom stereocenters. The van der Waals surface area contributed by atoms with E-state index in [1.54, 1.807) is 7.11 Å². The molecule has 0 N–H and O–H groups in total. The fourth-order valence-electron chi connectivity index (χ4n) is 4.47. The minimum atomic E-state index is -1.07. The van der Waals surface area contributed by atoms with E-state index in [0.717, 1.165) is 58.3 Å². The molecular formula is C27H33N5O4S2. The molecule has 1 fully saturated rings. The molecule has 5 rings (SSSR count). The lowest BCUT2D eigenvalue weighted by Gasteiger charge is -2.33. The lowest BCUT2D eigenvalue weighted by molar-refractivity contribution is 0.131. The van der Waals surface area contributed by atoms with Crippen LogP contribution in [0.3, 0.4) is 0 Å². The van der Waals surface area contributed by atoms with Crippen LogP contribution in [0.2, 0.25) is 0 Å². The van der Waals surface area contributed by atoms with Crippen molar-refractivity contribution in [2.45, 2.75) is 50.5 Å². The van der Waals surface area contributed by atoms with Crippen molar-refractivity contribution < 1.29 is 18.2 Å². The molecule has 3 aromatic heterocycles. The molecule has 0 amide bonds. The third-order valence-electron chi connectivity index (χ3n) is 6.83. The normalized spacial score (nSPS) is 16.3. The summed E-state index contributed by atoms with van der Waals surface area (Å²) in [5.74, 6) is 1.90. The summed E-state index contributed by atoms with van der Waals surface area (Å²) in [6.07, 6.45) is 2.01. The molecule has 11 heteroatoms. The predicted octanol–water partition coefficient (Wildman–Crippen LogP) is 5.30. The maximum absolute atomic E-state index is 12.3. The van der Waals surface area contributed by atoms with Gasteiger partial charge in [0.2, 0.25) is 0 Å². The molecule has 1 aliphatic rings. The van der Waals surface area contributed by atoms with Gasteiger partial charge in [0.15, 0.2) is 5.82 Å². The van der Waals surface area contributed by atoms with Crippen LogP contribution < -0.4 is 9.64 Å². The lowest BCUT2D eigenvalue weighted by Crippen LogP contribution is -2.38. The van der Waals surface area contributed by atoms with Crippen LogP contribution in [0.5, 0.6) is 5.19 Å². The number of thiazole rings is 1. The molecule has 9 nitrogen and oxygen atoms in total. The SMILES string of the molecule is COCCS(=O)c1ccc(-c2ccc3nc(OC(C)C4CCN(c5nc(C(C)C)no5)CC4)sc3n2)cc1. The summed E-state index contributed by atoms with van der Waals surface area (Å²) in [7, 11) is 0.543. The van der Waals surface area contributed by atoms with Gasteiger partial charge >= 0.3 is 6.01 Å². The first-order chi connectivity index (χ1) is 18.4. The van der Waals surface area contributed by atoms with Gasteiger partial charge in [0.05, 0.1) is 28.9 Å². The topological polar surface area (TPSA) is 103 Å². The van der Waals surface area contributed by atoms with E-state index in [4.69, 9.17) is 19.0 Å². The fraction of sp³-hybridized carbons (Fsp3) is 0.481. The molecule has 0 bridgehead atoms. The Balaban J connectivity index is 1.19. The highest BCUT2D eigenvalue weighted by molar-refractivity contribution is 7.85. The molecule has 0 aliphatic carbocycles. The van der Waals surface area contributed by atoms with E-state index in [0.29, 0.717) is 29.5 Å². The number of hydrogen-bond acceptors (Lipinski definition) is 10. The maximum Gasteiger partial charge on any atom is 0.324 e. The van der Waals surface area contributed by atoms with Crippen molar-refractivity contribution in [1.29, 1.82) is 0 Å². The highest BCUT2D eigenvalue weighted by atomic mass is 32.2. The smallest absolute Gasteiger partial charge is 0.324 e. The summed E-state index contributed by atoms with van der Waals surface area (Å²) in [4.78, 5) is 17.8. The Hall–Kier alpha value is -2.89. The van der Waals surface area contributed by atoms with Gasteiger partial charge in [0.1, 0.15) is 16.5 Å². The predicted molar refractivity (Wildman–Crippen MR) is 149 cm³/mol. The molecule has 202 valence electrons. The maximum atomic E-state index is 12.3. The third-order valence-corrected chi connectivity index (χ3v) is 9.02. The molecule has 0 saturated carbocycles. The number of pyridine rings is 1. The Morgan fingerprint density at radius 3 is 2.53 bits per heavy atom. The van der Waals surface area contributed by atoms with Gasteiger partial charge in [-0.1, -0.05) is 42.5 Å². The van der Waals surface area contributed by atoms with E-state index in [1.165, 1.54) is 11.3 Å². The van der Waals surface area contributed by atoms with Crippen molar-refractivity contribution in [3.63, 3.8) is 0 Å². The molecule has 1 aromatic carbocycles. The number of benzene rings is 1. The van der Waals surface area contributed by atoms with Crippen LogP contribution in [0.4, 0.5) is 6.01 Å². The zero-order valence-electron chi connectivity index (χ0n) is 22.1. The van der Waals surface area contributed by atoms with E-state index in [2.05, 4.69) is 40.8 Å². The molecule has 0 spiro atoms. The zero-order chi connectivity index (χ0) is 26.6. The van der Waals surface area contributed by atoms with E-state index in [1.807, 2.05) is 36.4 Å². The Morgan fingerprint density at radius 1 is 1.08 bits per heavy atom. The van der Waals surface area contributed by atoms with Crippen molar-refractivity contribution in [3.8, 4) is 16.5 Å². The van der Waals surface area contributed by atoms with Crippen molar-refractivity contribution in [2.75, 3.05) is 37.5 Å². The average molecular weight is 556 g/mol. The molecule has 2 unspecified atom stereocenters. The monoisotopic (exact) mass is 555 g/mol. The summed E-state index contributed by atoms with van der Waals surface area (Å²) >= 11 is 1.47. The van der Waals surface area contributed by atoms with Gasteiger partial charge in [0, 0.05) is 36.6 Å².